The smallest absolute Gasteiger partial charge is 0.219 e. The average molecular weight is 552 g/mol. The van der Waals surface area contributed by atoms with E-state index < -0.39 is 0 Å². The lowest BCUT2D eigenvalue weighted by Gasteiger charge is -2.22. The lowest BCUT2D eigenvalue weighted by molar-refractivity contribution is -0.113. The van der Waals surface area contributed by atoms with Crippen LogP contribution in [0.2, 0.25) is 0 Å². The van der Waals surface area contributed by atoms with Crippen LogP contribution >= 0.6 is 23.1 Å². The number of aliphatic hydroxyl groups excluding tert-OH is 1. The Bertz CT molecular complexity index is 1160. The van der Waals surface area contributed by atoms with E-state index in [0.717, 1.165) is 36.8 Å². The first-order valence-electron chi connectivity index (χ1n) is 14.0. The third-order valence-electron chi connectivity index (χ3n) is 6.77. The van der Waals surface area contributed by atoms with Crippen LogP contribution in [-0.4, -0.2) is 10.9 Å². The standard InChI is InChI=1S/C34H46O2S2/c1-21(2)11-13-25-15-23(16-26(37-25)14-12-22(3)4)17-27-31(35)28(32(27)36)18-24-19-29(33(5,6)7)38-30(20-24)34(8,9)10/h15-22H,11-14H2,1-10H3/p+1. The van der Waals surface area contributed by atoms with E-state index in [9.17, 15) is 9.90 Å². The van der Waals surface area contributed by atoms with E-state index in [-0.39, 0.29) is 22.4 Å². The molecule has 0 saturated heterocycles. The highest BCUT2D eigenvalue weighted by molar-refractivity contribution is 8.06. The van der Waals surface area contributed by atoms with Crippen LogP contribution in [-0.2, 0) is 15.6 Å². The summed E-state index contributed by atoms with van der Waals surface area (Å²) in [6.07, 6.45) is 12.5. The number of hydrogen-bond acceptors (Lipinski definition) is 3. The molecule has 0 aromatic carbocycles. The van der Waals surface area contributed by atoms with Crippen LogP contribution < -0.4 is 0 Å². The van der Waals surface area contributed by atoms with Gasteiger partial charge in [0.2, 0.25) is 26.9 Å². The van der Waals surface area contributed by atoms with Gasteiger partial charge in [-0.15, -0.1) is 0 Å². The second-order valence-electron chi connectivity index (χ2n) is 13.6. The van der Waals surface area contributed by atoms with Gasteiger partial charge in [-0.1, -0.05) is 81.0 Å². The minimum atomic E-state index is -0.0790. The van der Waals surface area contributed by atoms with Crippen LogP contribution in [0.4, 0.5) is 0 Å². The van der Waals surface area contributed by atoms with Gasteiger partial charge in [0.25, 0.3) is 0 Å². The number of ketones is 1. The Kier molecular flexibility index (Phi) is 9.74. The molecular formula is C34H47O2S2+. The van der Waals surface area contributed by atoms with Gasteiger partial charge < -0.3 is 5.11 Å². The predicted molar refractivity (Wildman–Crippen MR) is 169 cm³/mol. The fourth-order valence-electron chi connectivity index (χ4n) is 4.22. The number of thioether (sulfide) groups is 1. The monoisotopic (exact) mass is 551 g/mol. The molecule has 38 heavy (non-hydrogen) atoms. The molecule has 0 fully saturated rings. The third-order valence-corrected chi connectivity index (χ3v) is 9.84. The highest BCUT2D eigenvalue weighted by Gasteiger charge is 2.35. The van der Waals surface area contributed by atoms with Crippen molar-refractivity contribution in [2.75, 3.05) is 0 Å². The third kappa shape index (κ3) is 8.05. The van der Waals surface area contributed by atoms with Crippen molar-refractivity contribution in [1.82, 2.24) is 0 Å². The van der Waals surface area contributed by atoms with Crippen molar-refractivity contribution in [1.29, 1.82) is 0 Å². The molecule has 0 unspecified atom stereocenters. The molecule has 0 bridgehead atoms. The Labute approximate surface area is 239 Å². The molecule has 1 N–H and O–H groups in total. The van der Waals surface area contributed by atoms with E-state index in [4.69, 9.17) is 0 Å². The first-order chi connectivity index (χ1) is 17.5. The first kappa shape index (κ1) is 30.6. The van der Waals surface area contributed by atoms with Gasteiger partial charge in [-0.3, -0.25) is 4.79 Å². The summed E-state index contributed by atoms with van der Waals surface area (Å²) in [5, 5.41) is 11.0. The van der Waals surface area contributed by atoms with Crippen molar-refractivity contribution in [2.24, 2.45) is 11.8 Å². The number of hydrogen-bond donors (Lipinski definition) is 1. The van der Waals surface area contributed by atoms with Crippen molar-refractivity contribution < 1.29 is 9.90 Å². The normalized spacial score (nSPS) is 17.8. The molecule has 0 amide bonds. The quantitative estimate of drug-likeness (QED) is 0.258. The minimum Gasteiger partial charge on any atom is -0.506 e. The number of allylic oxidation sites excluding steroid dienone is 8. The Morgan fingerprint density at radius 2 is 1.32 bits per heavy atom. The van der Waals surface area contributed by atoms with Crippen LogP contribution in [0.25, 0.3) is 6.08 Å². The average Bonchev–Trinajstić information content (AvgIpc) is 2.81. The van der Waals surface area contributed by atoms with Gasteiger partial charge in [-0.05, 0) is 82.8 Å². The molecule has 3 rings (SSSR count). The van der Waals surface area contributed by atoms with E-state index in [1.165, 1.54) is 19.6 Å². The Morgan fingerprint density at radius 3 is 1.71 bits per heavy atom. The van der Waals surface area contributed by atoms with E-state index in [0.29, 0.717) is 23.0 Å². The second kappa shape index (κ2) is 12.1. The summed E-state index contributed by atoms with van der Waals surface area (Å²) < 4.78 is 0. The summed E-state index contributed by atoms with van der Waals surface area (Å²) in [5.74, 6) is 1.33. The van der Waals surface area contributed by atoms with E-state index in [1.54, 1.807) is 0 Å². The summed E-state index contributed by atoms with van der Waals surface area (Å²) in [6, 6.07) is 4.32. The van der Waals surface area contributed by atoms with Crippen LogP contribution in [0.15, 0.2) is 62.6 Å². The molecule has 1 aromatic rings. The molecule has 1 aliphatic carbocycles. The molecule has 0 atom stereocenters. The predicted octanol–water partition coefficient (Wildman–Crippen LogP) is 10.7. The fraction of sp³-hybridized carbons (Fsp3) is 0.529. The maximum atomic E-state index is 13.2. The molecular weight excluding hydrogens is 505 g/mol. The van der Waals surface area contributed by atoms with Crippen LogP contribution in [0.3, 0.4) is 0 Å². The zero-order valence-electron chi connectivity index (χ0n) is 25.1. The summed E-state index contributed by atoms with van der Waals surface area (Å²) in [7, 11) is 0. The molecule has 206 valence electrons. The summed E-state index contributed by atoms with van der Waals surface area (Å²) >= 11 is 3.72. The SMILES string of the molecule is CC(C)CCC1=CC(=CC2=C(O)C(=Cc3cc(C(C)(C)C)[s+]c(C(C)(C)C)c3)C2=O)C=C(CCC(C)C)S1. The van der Waals surface area contributed by atoms with Gasteiger partial charge in [0.05, 0.1) is 11.1 Å². The lowest BCUT2D eigenvalue weighted by atomic mass is 9.84. The van der Waals surface area contributed by atoms with Gasteiger partial charge in [0, 0.05) is 23.0 Å². The lowest BCUT2D eigenvalue weighted by Crippen LogP contribution is -2.21. The molecule has 0 radical (unpaired) electrons. The van der Waals surface area contributed by atoms with E-state index in [2.05, 4.69) is 93.5 Å². The van der Waals surface area contributed by atoms with Gasteiger partial charge in [-0.25, -0.2) is 0 Å². The summed E-state index contributed by atoms with van der Waals surface area (Å²) in [5.41, 5.74) is 2.83. The second-order valence-corrected chi connectivity index (χ2v) is 15.9. The molecule has 1 aromatic heterocycles. The van der Waals surface area contributed by atoms with Gasteiger partial charge >= 0.3 is 0 Å². The Hall–Kier alpha value is -1.91. The number of Topliss-reactive ketones (excluding diaryl/α,β-unsaturated/α-hetero) is 1. The number of carbonyl (C=O) groups excluding carboxylic acids is 1. The molecule has 0 spiro atoms. The highest BCUT2D eigenvalue weighted by Crippen LogP contribution is 2.41. The molecule has 2 nitrogen and oxygen atoms in total. The molecule has 0 saturated carbocycles. The zero-order chi connectivity index (χ0) is 28.4. The molecule has 1 aliphatic heterocycles. The Morgan fingerprint density at radius 1 is 0.842 bits per heavy atom. The first-order valence-corrected chi connectivity index (χ1v) is 15.7. The van der Waals surface area contributed by atoms with Crippen LogP contribution in [0, 0.1) is 11.8 Å². The van der Waals surface area contributed by atoms with E-state index in [1.807, 2.05) is 35.3 Å². The number of carbonyl (C=O) groups is 1. The number of rotatable bonds is 8. The van der Waals surface area contributed by atoms with Crippen molar-refractivity contribution >= 4 is 35.0 Å². The highest BCUT2D eigenvalue weighted by atomic mass is 32.2. The van der Waals surface area contributed by atoms with Crippen molar-refractivity contribution in [3.8, 4) is 0 Å². The van der Waals surface area contributed by atoms with Crippen molar-refractivity contribution in [3.63, 3.8) is 0 Å². The fourth-order valence-corrected chi connectivity index (χ4v) is 6.63. The van der Waals surface area contributed by atoms with Gasteiger partial charge in [0.1, 0.15) is 5.76 Å². The minimum absolute atomic E-state index is 0.00842. The van der Waals surface area contributed by atoms with Crippen molar-refractivity contribution in [3.05, 3.63) is 78.0 Å². The topological polar surface area (TPSA) is 37.3 Å². The van der Waals surface area contributed by atoms with Gasteiger partial charge in [-0.2, -0.15) is 0 Å². The molecule has 4 heteroatoms. The summed E-state index contributed by atoms with van der Waals surface area (Å²) in [6.45, 7) is 22.3. The van der Waals surface area contributed by atoms with Crippen LogP contribution in [0.1, 0.15) is 110 Å². The summed E-state index contributed by atoms with van der Waals surface area (Å²) in [4.78, 5) is 18.5. The van der Waals surface area contributed by atoms with E-state index >= 15 is 0 Å². The Balaban J connectivity index is 1.97. The maximum Gasteiger partial charge on any atom is 0.219 e. The van der Waals surface area contributed by atoms with Crippen LogP contribution in [0.5, 0.6) is 0 Å². The zero-order valence-corrected chi connectivity index (χ0v) is 26.8. The number of aliphatic hydroxyl groups is 1. The largest absolute Gasteiger partial charge is 0.506 e. The molecule has 2 heterocycles. The molecule has 2 aliphatic rings. The maximum absolute atomic E-state index is 13.2. The van der Waals surface area contributed by atoms with Crippen molar-refractivity contribution in [2.45, 2.75) is 106 Å². The van der Waals surface area contributed by atoms with Gasteiger partial charge in [0.15, 0.2) is 0 Å².